The van der Waals surface area contributed by atoms with Crippen LogP contribution in [-0.2, 0) is 4.79 Å². The number of rotatable bonds is 2. The lowest BCUT2D eigenvalue weighted by atomic mass is 10.1. The number of nitrogens with zero attached hydrogens (tertiary/aromatic N) is 1. The summed E-state index contributed by atoms with van der Waals surface area (Å²) in [7, 11) is 0. The number of amidine groups is 1. The molecule has 0 aromatic heterocycles. The van der Waals surface area contributed by atoms with Crippen LogP contribution in [0.5, 0.6) is 11.5 Å². The second-order valence-corrected chi connectivity index (χ2v) is 6.89. The molecule has 0 saturated carbocycles. The van der Waals surface area contributed by atoms with Crippen molar-refractivity contribution in [3.63, 3.8) is 0 Å². The molecule has 0 unspecified atom stereocenters. The minimum Gasteiger partial charge on any atom is -0.454 e. The van der Waals surface area contributed by atoms with Crippen molar-refractivity contribution in [2.24, 2.45) is 4.99 Å². The van der Waals surface area contributed by atoms with E-state index < -0.39 is 0 Å². The highest BCUT2D eigenvalue weighted by Gasteiger charge is 2.24. The van der Waals surface area contributed by atoms with Crippen LogP contribution in [0.2, 0.25) is 0 Å². The van der Waals surface area contributed by atoms with Gasteiger partial charge in [-0.25, -0.2) is 4.99 Å². The monoisotopic (exact) mass is 352 g/mol. The Balaban J connectivity index is 1.57. The molecule has 2 aromatic rings. The molecular weight excluding hydrogens is 336 g/mol. The summed E-state index contributed by atoms with van der Waals surface area (Å²) in [5.41, 5.74) is 4.10. The molecule has 6 heteroatoms. The van der Waals surface area contributed by atoms with Crippen molar-refractivity contribution in [1.29, 1.82) is 0 Å². The van der Waals surface area contributed by atoms with Gasteiger partial charge in [-0.1, -0.05) is 12.1 Å². The van der Waals surface area contributed by atoms with Gasteiger partial charge in [0, 0.05) is 0 Å². The van der Waals surface area contributed by atoms with E-state index in [0.29, 0.717) is 15.8 Å². The number of thioether (sulfide) groups is 1. The van der Waals surface area contributed by atoms with Gasteiger partial charge in [0.2, 0.25) is 6.79 Å². The zero-order valence-electron chi connectivity index (χ0n) is 13.8. The van der Waals surface area contributed by atoms with Crippen LogP contribution >= 0.6 is 11.8 Å². The Hall–Kier alpha value is -2.73. The van der Waals surface area contributed by atoms with E-state index in [4.69, 9.17) is 9.47 Å². The standard InChI is InChI=1S/C19H16N2O3S/c1-11-3-5-14(7-12(11)2)20-19-21-18(22)17(25-19)9-13-4-6-15-16(8-13)24-10-23-15/h3-9H,10H2,1-2H3,(H,20,21,22)/b17-9+. The van der Waals surface area contributed by atoms with Crippen molar-refractivity contribution < 1.29 is 14.3 Å². The quantitative estimate of drug-likeness (QED) is 0.832. The SMILES string of the molecule is Cc1ccc(N=C2NC(=O)/C(=C\c3ccc4c(c3)OCO4)S2)cc1C. The number of amides is 1. The molecule has 1 saturated heterocycles. The summed E-state index contributed by atoms with van der Waals surface area (Å²) in [6.45, 7) is 4.34. The Morgan fingerprint density at radius 3 is 2.76 bits per heavy atom. The topological polar surface area (TPSA) is 59.9 Å². The van der Waals surface area contributed by atoms with Crippen molar-refractivity contribution in [2.75, 3.05) is 6.79 Å². The van der Waals surface area contributed by atoms with Gasteiger partial charge in [0.15, 0.2) is 16.7 Å². The van der Waals surface area contributed by atoms with E-state index in [1.807, 2.05) is 49.4 Å². The highest BCUT2D eigenvalue weighted by atomic mass is 32.2. The molecule has 0 spiro atoms. The van der Waals surface area contributed by atoms with Crippen molar-refractivity contribution >= 4 is 34.6 Å². The van der Waals surface area contributed by atoms with Gasteiger partial charge in [-0.05, 0) is 72.6 Å². The predicted molar refractivity (Wildman–Crippen MR) is 99.3 cm³/mol. The number of aryl methyl sites for hydroxylation is 2. The van der Waals surface area contributed by atoms with Gasteiger partial charge in [-0.15, -0.1) is 0 Å². The van der Waals surface area contributed by atoms with E-state index in [0.717, 1.165) is 17.0 Å². The lowest BCUT2D eigenvalue weighted by Crippen LogP contribution is -2.19. The second kappa shape index (κ2) is 6.29. The molecule has 0 atom stereocenters. The van der Waals surface area contributed by atoms with E-state index in [1.54, 1.807) is 0 Å². The summed E-state index contributed by atoms with van der Waals surface area (Å²) < 4.78 is 10.7. The molecule has 0 radical (unpaired) electrons. The normalized spacial score (nSPS) is 18.9. The first-order valence-electron chi connectivity index (χ1n) is 7.85. The lowest BCUT2D eigenvalue weighted by Gasteiger charge is -2.01. The largest absolute Gasteiger partial charge is 0.454 e. The van der Waals surface area contributed by atoms with Gasteiger partial charge >= 0.3 is 0 Å². The van der Waals surface area contributed by atoms with Crippen LogP contribution in [0.3, 0.4) is 0 Å². The molecule has 2 aromatic carbocycles. The molecule has 5 nitrogen and oxygen atoms in total. The molecule has 2 aliphatic rings. The second-order valence-electron chi connectivity index (χ2n) is 5.86. The number of hydrogen-bond acceptors (Lipinski definition) is 5. The number of hydrogen-bond donors (Lipinski definition) is 1. The van der Waals surface area contributed by atoms with Crippen molar-refractivity contribution in [2.45, 2.75) is 13.8 Å². The average molecular weight is 352 g/mol. The van der Waals surface area contributed by atoms with Gasteiger partial charge in [0.1, 0.15) is 0 Å². The Labute approximate surface area is 149 Å². The summed E-state index contributed by atoms with van der Waals surface area (Å²) in [6.07, 6.45) is 1.82. The fourth-order valence-corrected chi connectivity index (χ4v) is 3.39. The van der Waals surface area contributed by atoms with Gasteiger partial charge in [-0.2, -0.15) is 0 Å². The first-order valence-corrected chi connectivity index (χ1v) is 8.67. The fraction of sp³-hybridized carbons (Fsp3) is 0.158. The van der Waals surface area contributed by atoms with Crippen LogP contribution in [0.25, 0.3) is 6.08 Å². The Kier molecular flexibility index (Phi) is 3.97. The van der Waals surface area contributed by atoms with E-state index in [2.05, 4.69) is 17.2 Å². The van der Waals surface area contributed by atoms with Crippen LogP contribution in [0.15, 0.2) is 46.3 Å². The van der Waals surface area contributed by atoms with Crippen LogP contribution in [0.1, 0.15) is 16.7 Å². The maximum atomic E-state index is 12.2. The van der Waals surface area contributed by atoms with Gasteiger partial charge in [0.05, 0.1) is 10.6 Å². The van der Waals surface area contributed by atoms with E-state index in [1.165, 1.54) is 22.9 Å². The molecule has 4 rings (SSSR count). The van der Waals surface area contributed by atoms with Crippen LogP contribution in [0.4, 0.5) is 5.69 Å². The zero-order chi connectivity index (χ0) is 17.4. The molecular formula is C19H16N2O3S. The van der Waals surface area contributed by atoms with Crippen LogP contribution in [0, 0.1) is 13.8 Å². The van der Waals surface area contributed by atoms with Crippen molar-refractivity contribution in [3.8, 4) is 11.5 Å². The van der Waals surface area contributed by atoms with E-state index in [-0.39, 0.29) is 12.7 Å². The third kappa shape index (κ3) is 3.25. The van der Waals surface area contributed by atoms with Gasteiger partial charge < -0.3 is 14.8 Å². The third-order valence-corrected chi connectivity index (χ3v) is 4.98. The first kappa shape index (κ1) is 15.8. The Morgan fingerprint density at radius 1 is 1.08 bits per heavy atom. The molecule has 1 amide bonds. The number of ether oxygens (including phenoxy) is 2. The average Bonchev–Trinajstić information content (AvgIpc) is 3.17. The molecule has 0 aliphatic carbocycles. The molecule has 1 N–H and O–H groups in total. The van der Waals surface area contributed by atoms with Crippen molar-refractivity contribution in [3.05, 3.63) is 58.0 Å². The first-order chi connectivity index (χ1) is 12.1. The number of carbonyl (C=O) groups is 1. The van der Waals surface area contributed by atoms with Crippen LogP contribution < -0.4 is 14.8 Å². The number of benzene rings is 2. The van der Waals surface area contributed by atoms with E-state index in [9.17, 15) is 4.79 Å². The number of fused-ring (bicyclic) bond motifs is 1. The summed E-state index contributed by atoms with van der Waals surface area (Å²) in [5, 5.41) is 3.39. The molecule has 0 bridgehead atoms. The third-order valence-electron chi connectivity index (χ3n) is 4.07. The summed E-state index contributed by atoms with van der Waals surface area (Å²) >= 11 is 1.33. The number of nitrogens with one attached hydrogen (secondary N) is 1. The van der Waals surface area contributed by atoms with Crippen LogP contribution in [-0.4, -0.2) is 17.9 Å². The van der Waals surface area contributed by atoms with Crippen molar-refractivity contribution in [1.82, 2.24) is 5.32 Å². The fourth-order valence-electron chi connectivity index (χ4n) is 2.55. The molecule has 2 aliphatic heterocycles. The molecule has 25 heavy (non-hydrogen) atoms. The minimum absolute atomic E-state index is 0.148. The Bertz CT molecular complexity index is 934. The summed E-state index contributed by atoms with van der Waals surface area (Å²) in [6, 6.07) is 11.6. The predicted octanol–water partition coefficient (Wildman–Crippen LogP) is 3.92. The Morgan fingerprint density at radius 2 is 1.92 bits per heavy atom. The maximum absolute atomic E-state index is 12.2. The highest BCUT2D eigenvalue weighted by molar-refractivity contribution is 8.18. The summed E-state index contributed by atoms with van der Waals surface area (Å²) in [4.78, 5) is 17.3. The molecule has 126 valence electrons. The number of carbonyl (C=O) groups excluding carboxylic acids is 1. The minimum atomic E-state index is -0.148. The van der Waals surface area contributed by atoms with Gasteiger partial charge in [0.25, 0.3) is 5.91 Å². The lowest BCUT2D eigenvalue weighted by molar-refractivity contribution is -0.115. The molecule has 2 heterocycles. The van der Waals surface area contributed by atoms with E-state index >= 15 is 0 Å². The summed E-state index contributed by atoms with van der Waals surface area (Å²) in [5.74, 6) is 1.27. The smallest absolute Gasteiger partial charge is 0.264 e. The number of aliphatic imine (C=N–C) groups is 1. The van der Waals surface area contributed by atoms with Gasteiger partial charge in [-0.3, -0.25) is 4.79 Å². The highest BCUT2D eigenvalue weighted by Crippen LogP contribution is 2.34. The zero-order valence-corrected chi connectivity index (χ0v) is 14.6. The molecule has 1 fully saturated rings. The maximum Gasteiger partial charge on any atom is 0.264 e.